The molecule has 1 aromatic rings. The van der Waals surface area contributed by atoms with Gasteiger partial charge in [-0.15, -0.1) is 0 Å². The molecule has 0 saturated carbocycles. The quantitative estimate of drug-likeness (QED) is 0.622. The van der Waals surface area contributed by atoms with E-state index in [0.717, 1.165) is 6.20 Å². The van der Waals surface area contributed by atoms with Crippen LogP contribution in [0.1, 0.15) is 17.4 Å². The number of hydrogen-bond donors (Lipinski definition) is 0. The molecule has 90 valence electrons. The number of hydrogen-bond acceptors (Lipinski definition) is 3. The Morgan fingerprint density at radius 2 is 2.25 bits per heavy atom. The van der Waals surface area contributed by atoms with Crippen LogP contribution in [0.25, 0.3) is 0 Å². The molecule has 0 bridgehead atoms. The third-order valence-electron chi connectivity index (χ3n) is 1.53. The zero-order chi connectivity index (χ0) is 12.3. The van der Waals surface area contributed by atoms with Crippen LogP contribution in [0.5, 0.6) is 0 Å². The fraction of sp³-hybridized carbons (Fsp3) is 0.500. The molecule has 0 N–H and O–H groups in total. The van der Waals surface area contributed by atoms with Crippen LogP contribution in [-0.2, 0) is 11.3 Å². The van der Waals surface area contributed by atoms with Crippen molar-refractivity contribution in [2.45, 2.75) is 19.6 Å². The molecule has 0 aliphatic rings. The maximum absolute atomic E-state index is 12.1. The van der Waals surface area contributed by atoms with E-state index in [1.165, 1.54) is 0 Å². The summed E-state index contributed by atoms with van der Waals surface area (Å²) in [5, 5.41) is 3.53. The molecule has 0 aromatic carbocycles. The van der Waals surface area contributed by atoms with Gasteiger partial charge in [0.15, 0.2) is 5.69 Å². The normalized spacial score (nSPS) is 11.6. The third-order valence-corrected chi connectivity index (χ3v) is 2.32. The van der Waals surface area contributed by atoms with Crippen molar-refractivity contribution in [3.8, 4) is 0 Å². The molecule has 0 atom stereocenters. The lowest BCUT2D eigenvalue weighted by Crippen LogP contribution is -2.18. The molecule has 0 radical (unpaired) electrons. The van der Waals surface area contributed by atoms with E-state index in [9.17, 15) is 18.0 Å². The van der Waals surface area contributed by atoms with Gasteiger partial charge in [0.1, 0.15) is 6.54 Å². The number of carbonyl (C=O) groups is 1. The van der Waals surface area contributed by atoms with Crippen molar-refractivity contribution in [2.24, 2.45) is 0 Å². The summed E-state index contributed by atoms with van der Waals surface area (Å²) in [4.78, 5) is 11.3. The molecule has 1 aromatic heterocycles. The zero-order valence-corrected chi connectivity index (χ0v) is 10.4. The van der Waals surface area contributed by atoms with Gasteiger partial charge in [0.25, 0.3) is 0 Å². The van der Waals surface area contributed by atoms with E-state index >= 15 is 0 Å². The second kappa shape index (κ2) is 5.02. The Kier molecular flexibility index (Phi) is 4.16. The van der Waals surface area contributed by atoms with Gasteiger partial charge in [0.05, 0.1) is 10.2 Å². The van der Waals surface area contributed by atoms with Gasteiger partial charge in [-0.05, 0) is 29.5 Å². The summed E-state index contributed by atoms with van der Waals surface area (Å²) in [6, 6.07) is 0. The Labute approximate surface area is 103 Å². The number of nitrogens with zero attached hydrogens (tertiary/aromatic N) is 2. The first-order valence-corrected chi connectivity index (χ1v) is 5.38. The van der Waals surface area contributed by atoms with E-state index in [4.69, 9.17) is 0 Å². The molecular formula is C8H8F3IN2O2. The minimum Gasteiger partial charge on any atom is -0.461 e. The van der Waals surface area contributed by atoms with E-state index in [0.29, 0.717) is 8.25 Å². The maximum Gasteiger partial charge on any atom is 0.408 e. The highest BCUT2D eigenvalue weighted by molar-refractivity contribution is 14.1. The van der Waals surface area contributed by atoms with Gasteiger partial charge in [0, 0.05) is 6.20 Å². The molecular weight excluding hydrogens is 340 g/mol. The second-order valence-corrected chi connectivity index (χ2v) is 4.02. The van der Waals surface area contributed by atoms with Crippen LogP contribution >= 0.6 is 22.6 Å². The molecule has 0 aliphatic carbocycles. The molecule has 0 amide bonds. The van der Waals surface area contributed by atoms with Crippen LogP contribution in [-0.4, -0.2) is 28.5 Å². The molecule has 0 fully saturated rings. The van der Waals surface area contributed by atoms with Gasteiger partial charge in [-0.3, -0.25) is 4.68 Å². The summed E-state index contributed by atoms with van der Waals surface area (Å²) in [7, 11) is 0. The monoisotopic (exact) mass is 348 g/mol. The minimum atomic E-state index is -4.36. The van der Waals surface area contributed by atoms with E-state index in [-0.39, 0.29) is 12.3 Å². The van der Waals surface area contributed by atoms with E-state index < -0.39 is 18.7 Å². The number of rotatable bonds is 3. The van der Waals surface area contributed by atoms with Crippen molar-refractivity contribution in [1.82, 2.24) is 9.78 Å². The van der Waals surface area contributed by atoms with Crippen molar-refractivity contribution >= 4 is 28.6 Å². The molecule has 1 heterocycles. The van der Waals surface area contributed by atoms with Gasteiger partial charge < -0.3 is 4.74 Å². The summed E-state index contributed by atoms with van der Waals surface area (Å²) >= 11 is 1.74. The summed E-state index contributed by atoms with van der Waals surface area (Å²) < 4.78 is 41.8. The minimum absolute atomic E-state index is 0.0910. The van der Waals surface area contributed by atoms with E-state index in [1.54, 1.807) is 29.5 Å². The van der Waals surface area contributed by atoms with Gasteiger partial charge >= 0.3 is 12.1 Å². The third kappa shape index (κ3) is 3.65. The van der Waals surface area contributed by atoms with Crippen molar-refractivity contribution < 1.29 is 22.7 Å². The Bertz CT molecular complexity index is 389. The second-order valence-electron chi connectivity index (χ2n) is 2.86. The molecule has 0 unspecified atom stereocenters. The van der Waals surface area contributed by atoms with Gasteiger partial charge in [-0.2, -0.15) is 18.3 Å². The first-order chi connectivity index (χ1) is 7.33. The Balaban J connectivity index is 2.86. The maximum atomic E-state index is 12.1. The lowest BCUT2D eigenvalue weighted by Gasteiger charge is -2.05. The van der Waals surface area contributed by atoms with Crippen molar-refractivity contribution in [3.05, 3.63) is 15.5 Å². The lowest BCUT2D eigenvalue weighted by molar-refractivity contribution is -0.142. The number of carbonyl (C=O) groups excluding carboxylic acids is 1. The molecule has 4 nitrogen and oxygen atoms in total. The molecule has 0 aliphatic heterocycles. The highest BCUT2D eigenvalue weighted by Crippen LogP contribution is 2.19. The topological polar surface area (TPSA) is 44.1 Å². The van der Waals surface area contributed by atoms with E-state index in [1.807, 2.05) is 0 Å². The Hall–Kier alpha value is -0.800. The van der Waals surface area contributed by atoms with Gasteiger partial charge in [-0.25, -0.2) is 4.79 Å². The van der Waals surface area contributed by atoms with Crippen molar-refractivity contribution in [3.63, 3.8) is 0 Å². The number of alkyl halides is 3. The average molecular weight is 348 g/mol. The highest BCUT2D eigenvalue weighted by atomic mass is 127. The zero-order valence-electron chi connectivity index (χ0n) is 8.21. The van der Waals surface area contributed by atoms with Crippen LogP contribution in [0.2, 0.25) is 0 Å². The van der Waals surface area contributed by atoms with Crippen LogP contribution in [0.15, 0.2) is 6.20 Å². The molecule has 16 heavy (non-hydrogen) atoms. The smallest absolute Gasteiger partial charge is 0.408 e. The van der Waals surface area contributed by atoms with E-state index in [2.05, 4.69) is 9.84 Å². The average Bonchev–Trinajstić information content (AvgIpc) is 2.44. The van der Waals surface area contributed by atoms with Crippen LogP contribution in [0.3, 0.4) is 0 Å². The van der Waals surface area contributed by atoms with Crippen LogP contribution in [0.4, 0.5) is 13.2 Å². The predicted octanol–water partition coefficient (Wildman–Crippen LogP) is 2.23. The molecule has 8 heteroatoms. The van der Waals surface area contributed by atoms with Gasteiger partial charge in [0.2, 0.25) is 0 Å². The fourth-order valence-corrected chi connectivity index (χ4v) is 1.65. The first-order valence-electron chi connectivity index (χ1n) is 4.30. The predicted molar refractivity (Wildman–Crippen MR) is 57.0 cm³/mol. The number of halogens is 4. The standard InChI is InChI=1S/C8H8F3IN2O2/c1-2-16-7(15)6-5(12)3-14(13-6)4-8(9,10)11/h3H,2,4H2,1H3. The van der Waals surface area contributed by atoms with Crippen molar-refractivity contribution in [2.75, 3.05) is 6.61 Å². The molecule has 0 saturated heterocycles. The number of esters is 1. The summed E-state index contributed by atoms with van der Waals surface area (Å²) in [5.74, 6) is -0.715. The van der Waals surface area contributed by atoms with Crippen LogP contribution < -0.4 is 0 Å². The molecule has 0 spiro atoms. The molecule has 1 rings (SSSR count). The first kappa shape index (κ1) is 13.3. The number of ether oxygens (including phenoxy) is 1. The number of aromatic nitrogens is 2. The fourth-order valence-electron chi connectivity index (χ4n) is 1.000. The van der Waals surface area contributed by atoms with Gasteiger partial charge in [-0.1, -0.05) is 0 Å². The Morgan fingerprint density at radius 1 is 1.62 bits per heavy atom. The summed E-state index contributed by atoms with van der Waals surface area (Å²) in [6.07, 6.45) is -3.21. The van der Waals surface area contributed by atoms with Crippen molar-refractivity contribution in [1.29, 1.82) is 0 Å². The lowest BCUT2D eigenvalue weighted by atomic mass is 10.4. The Morgan fingerprint density at radius 3 is 2.75 bits per heavy atom. The summed E-state index contributed by atoms with van der Waals surface area (Å²) in [6.45, 7) is 0.543. The SMILES string of the molecule is CCOC(=O)c1nn(CC(F)(F)F)cc1I. The highest BCUT2D eigenvalue weighted by Gasteiger charge is 2.29. The largest absolute Gasteiger partial charge is 0.461 e. The summed E-state index contributed by atoms with van der Waals surface area (Å²) in [5.41, 5.74) is -0.0910. The van der Waals surface area contributed by atoms with Crippen LogP contribution in [0, 0.1) is 3.57 Å².